The summed E-state index contributed by atoms with van der Waals surface area (Å²) < 4.78 is 41.7. The molecule has 0 spiro atoms. The molecule has 51 heavy (non-hydrogen) atoms. The van der Waals surface area contributed by atoms with Gasteiger partial charge in [0.05, 0.1) is 28.0 Å². The summed E-state index contributed by atoms with van der Waals surface area (Å²) in [6, 6.07) is 12.7. The zero-order valence-corrected chi connectivity index (χ0v) is 30.2. The predicted octanol–water partition coefficient (Wildman–Crippen LogP) is 6.95. The maximum absolute atomic E-state index is 13.4. The van der Waals surface area contributed by atoms with Gasteiger partial charge in [-0.2, -0.15) is 4.98 Å². The minimum absolute atomic E-state index is 0.0436. The number of carboxylic acids is 1. The average molecular weight is 711 g/mol. The molecule has 0 aliphatic heterocycles. The number of carbonyl (C=O) groups is 1. The summed E-state index contributed by atoms with van der Waals surface area (Å²) in [4.78, 5) is 29.8. The number of anilines is 1. The maximum atomic E-state index is 13.4. The van der Waals surface area contributed by atoms with Gasteiger partial charge < -0.3 is 19.6 Å². The first kappa shape index (κ1) is 34.6. The molecule has 3 N–H and O–H groups in total. The van der Waals surface area contributed by atoms with Crippen molar-refractivity contribution in [1.82, 2.24) is 25.3 Å². The van der Waals surface area contributed by atoms with Crippen molar-refractivity contribution in [3.8, 4) is 17.1 Å². The molecule has 12 nitrogen and oxygen atoms in total. The first-order valence-corrected chi connectivity index (χ1v) is 18.7. The van der Waals surface area contributed by atoms with Gasteiger partial charge in [0.2, 0.25) is 17.5 Å². The van der Waals surface area contributed by atoms with Crippen molar-refractivity contribution in [3.63, 3.8) is 0 Å². The van der Waals surface area contributed by atoms with Gasteiger partial charge in [-0.1, -0.05) is 38.1 Å². The van der Waals surface area contributed by atoms with E-state index in [4.69, 9.17) is 14.1 Å². The monoisotopic (exact) mass is 710 g/mol. The largest absolute Gasteiger partial charge is 0.478 e. The van der Waals surface area contributed by atoms with Gasteiger partial charge in [-0.3, -0.25) is 0 Å². The van der Waals surface area contributed by atoms with Gasteiger partial charge in [-0.25, -0.2) is 32.9 Å². The predicted molar refractivity (Wildman–Crippen MR) is 192 cm³/mol. The Kier molecular flexibility index (Phi) is 9.05. The Morgan fingerprint density at radius 1 is 1.04 bits per heavy atom. The highest BCUT2D eigenvalue weighted by molar-refractivity contribution is 7.92. The topological polar surface area (TPSA) is 169 Å². The van der Waals surface area contributed by atoms with Crippen LogP contribution >= 0.6 is 0 Å². The summed E-state index contributed by atoms with van der Waals surface area (Å²) in [5.74, 6) is 0.740. The quantitative estimate of drug-likeness (QED) is 0.109. The Hall–Kier alpha value is -4.88. The summed E-state index contributed by atoms with van der Waals surface area (Å²) in [6.07, 6.45) is 6.34. The highest BCUT2D eigenvalue weighted by Gasteiger charge is 2.56. The minimum atomic E-state index is -4.24. The van der Waals surface area contributed by atoms with Crippen molar-refractivity contribution in [3.05, 3.63) is 88.4 Å². The Balaban J connectivity index is 1.15. The van der Waals surface area contributed by atoms with E-state index in [1.54, 1.807) is 12.3 Å². The van der Waals surface area contributed by atoms with Gasteiger partial charge in [-0.15, -0.1) is 0 Å². The lowest BCUT2D eigenvalue weighted by molar-refractivity contribution is -0.119. The molecule has 8 rings (SSSR count). The van der Waals surface area contributed by atoms with E-state index in [2.05, 4.69) is 38.8 Å². The van der Waals surface area contributed by atoms with Crippen LogP contribution in [0.25, 0.3) is 22.5 Å². The Morgan fingerprint density at radius 3 is 2.43 bits per heavy atom. The van der Waals surface area contributed by atoms with E-state index in [0.717, 1.165) is 57.6 Å². The van der Waals surface area contributed by atoms with Gasteiger partial charge in [-0.05, 0) is 87.1 Å². The number of rotatable bonds is 14. The number of nitrogens with one attached hydrogen (secondary N) is 2. The Labute approximate surface area is 297 Å². The zero-order chi connectivity index (χ0) is 36.1. The molecule has 1 atom stereocenters. The van der Waals surface area contributed by atoms with E-state index < -0.39 is 16.0 Å². The number of aryl methyl sites for hydroxylation is 3. The van der Waals surface area contributed by atoms with E-state index >= 15 is 0 Å². The minimum Gasteiger partial charge on any atom is -0.478 e. The second kappa shape index (κ2) is 13.3. The van der Waals surface area contributed by atoms with Crippen LogP contribution in [0.5, 0.6) is 5.88 Å². The first-order valence-electron chi connectivity index (χ1n) is 17.2. The molecular formula is C38H42N6O6S. The molecule has 0 amide bonds. The third kappa shape index (κ3) is 7.05. The number of fused-ring (bicyclic) bond motifs is 1. The second-order valence-corrected chi connectivity index (χ2v) is 16.1. The summed E-state index contributed by atoms with van der Waals surface area (Å²) in [7, 11) is -4.24. The summed E-state index contributed by atoms with van der Waals surface area (Å²) in [5.41, 5.74) is 6.53. The number of carboxylic acid groups (broad SMARTS) is 1. The SMILES string of the molecule is Cc1cccc(C)c1-c1cc(OC[C@@H](CC23CC(C2)C3)NCc2cnc3oc(C(C)C)c(C)c3n2)nc(NS(=O)(=O)c2cccc(C(=O)O)c2)n1. The standard InChI is InChI=1S/C38H42N6O6S/c1-21(2)34-24(5)33-35(50-34)40-19-28(41-33)18-39-27(17-38-14-25(15-38)16-38)20-49-31-13-30(32-22(3)8-6-9-23(32)4)42-37(43-31)44-51(47,48)29-11-7-10-26(12-29)36(45)46/h6-13,19,21,25,27,39H,14-18,20H2,1-5H3,(H,45,46)(H,42,43,44)/t25?,27-,38?/m1/s1. The average Bonchev–Trinajstić information content (AvgIpc) is 3.38. The van der Waals surface area contributed by atoms with Crippen LogP contribution in [0.4, 0.5) is 5.95 Å². The number of ether oxygens (including phenoxy) is 1. The highest BCUT2D eigenvalue weighted by Crippen LogP contribution is 2.66. The van der Waals surface area contributed by atoms with Crippen LogP contribution in [0.1, 0.15) is 84.0 Å². The second-order valence-electron chi connectivity index (χ2n) is 14.5. The summed E-state index contributed by atoms with van der Waals surface area (Å²) in [6.45, 7) is 10.9. The first-order chi connectivity index (χ1) is 24.3. The van der Waals surface area contributed by atoms with E-state index in [1.165, 1.54) is 37.5 Å². The van der Waals surface area contributed by atoms with Gasteiger partial charge in [0, 0.05) is 35.7 Å². The molecular weight excluding hydrogens is 669 g/mol. The molecule has 266 valence electrons. The number of hydrogen-bond donors (Lipinski definition) is 3. The van der Waals surface area contributed by atoms with Crippen LogP contribution in [-0.2, 0) is 16.6 Å². The molecule has 5 aromatic rings. The van der Waals surface area contributed by atoms with Crippen LogP contribution in [0.15, 0.2) is 64.0 Å². The lowest BCUT2D eigenvalue weighted by Crippen LogP contribution is -2.55. The summed E-state index contributed by atoms with van der Waals surface area (Å²) in [5, 5.41) is 13.1. The van der Waals surface area contributed by atoms with Crippen molar-refractivity contribution < 1.29 is 27.5 Å². The van der Waals surface area contributed by atoms with E-state index in [-0.39, 0.29) is 40.9 Å². The molecule has 3 saturated carbocycles. The lowest BCUT2D eigenvalue weighted by Gasteiger charge is -2.63. The Morgan fingerprint density at radius 2 is 1.76 bits per heavy atom. The van der Waals surface area contributed by atoms with Gasteiger partial charge in [0.15, 0.2) is 0 Å². The molecule has 0 radical (unpaired) electrons. The van der Waals surface area contributed by atoms with Crippen LogP contribution in [0.3, 0.4) is 0 Å². The Bertz CT molecular complexity index is 2210. The molecule has 3 aliphatic carbocycles. The van der Waals surface area contributed by atoms with Crippen LogP contribution in [0.2, 0.25) is 0 Å². The van der Waals surface area contributed by atoms with Crippen molar-refractivity contribution >= 4 is 33.2 Å². The van der Waals surface area contributed by atoms with Crippen LogP contribution < -0.4 is 14.8 Å². The van der Waals surface area contributed by atoms with Gasteiger partial charge >= 0.3 is 5.97 Å². The normalized spacial score (nSPS) is 18.7. The molecule has 0 unspecified atom stereocenters. The van der Waals surface area contributed by atoms with E-state index in [0.29, 0.717) is 23.4 Å². The highest BCUT2D eigenvalue weighted by atomic mass is 32.2. The van der Waals surface area contributed by atoms with E-state index in [9.17, 15) is 18.3 Å². The fourth-order valence-corrected chi connectivity index (χ4v) is 8.58. The molecule has 0 saturated heterocycles. The molecule has 13 heteroatoms. The fourth-order valence-electron chi connectivity index (χ4n) is 7.59. The van der Waals surface area contributed by atoms with Crippen molar-refractivity contribution in [2.45, 2.75) is 83.7 Å². The fraction of sp³-hybridized carbons (Fsp3) is 0.395. The summed E-state index contributed by atoms with van der Waals surface area (Å²) >= 11 is 0. The number of furan rings is 1. The number of benzene rings is 2. The third-order valence-corrected chi connectivity index (χ3v) is 11.5. The molecule has 3 aliphatic rings. The number of sulfonamides is 1. The molecule has 3 heterocycles. The molecule has 3 fully saturated rings. The molecule has 2 bridgehead atoms. The number of nitrogens with zero attached hydrogens (tertiary/aromatic N) is 4. The van der Waals surface area contributed by atoms with Crippen molar-refractivity contribution in [2.75, 3.05) is 11.3 Å². The number of aromatic nitrogens is 4. The molecule has 2 aromatic carbocycles. The van der Waals surface area contributed by atoms with Gasteiger partial charge in [0.25, 0.3) is 10.0 Å². The van der Waals surface area contributed by atoms with Crippen LogP contribution in [0, 0.1) is 32.1 Å². The number of aromatic carboxylic acids is 1. The number of hydrogen-bond acceptors (Lipinski definition) is 10. The molecule has 3 aromatic heterocycles. The zero-order valence-electron chi connectivity index (χ0n) is 29.4. The van der Waals surface area contributed by atoms with E-state index in [1.807, 2.05) is 39.0 Å². The maximum Gasteiger partial charge on any atom is 0.335 e. The van der Waals surface area contributed by atoms with Crippen LogP contribution in [-0.4, -0.2) is 52.1 Å². The lowest BCUT2D eigenvalue weighted by atomic mass is 9.43. The van der Waals surface area contributed by atoms with Gasteiger partial charge in [0.1, 0.15) is 17.9 Å². The third-order valence-electron chi connectivity index (χ3n) is 10.2. The smallest absolute Gasteiger partial charge is 0.335 e. The van der Waals surface area contributed by atoms with Crippen molar-refractivity contribution in [1.29, 1.82) is 0 Å². The van der Waals surface area contributed by atoms with Crippen molar-refractivity contribution in [2.24, 2.45) is 11.3 Å².